The fourth-order valence-corrected chi connectivity index (χ4v) is 2.10. The first-order chi connectivity index (χ1) is 11.5. The molecule has 2 amide bonds. The van der Waals surface area contributed by atoms with Gasteiger partial charge in [0.25, 0.3) is 5.91 Å². The lowest BCUT2D eigenvalue weighted by Gasteiger charge is -2.18. The normalized spacial score (nSPS) is 13.2. The average molecular weight is 335 g/mol. The Balaban J connectivity index is 2.56. The topological polar surface area (TPSA) is 93.5 Å². The molecule has 0 saturated carbocycles. The van der Waals surface area contributed by atoms with Crippen LogP contribution in [0.15, 0.2) is 24.3 Å². The molecule has 0 radical (unpaired) electrons. The van der Waals surface area contributed by atoms with Crippen molar-refractivity contribution in [3.05, 3.63) is 29.8 Å². The molecule has 1 aromatic rings. The number of hydrogen-bond acceptors (Lipinski definition) is 4. The molecular weight excluding hydrogens is 306 g/mol. The summed E-state index contributed by atoms with van der Waals surface area (Å²) in [5.74, 6) is -0.311. The Morgan fingerprint density at radius 2 is 2.04 bits per heavy atom. The molecule has 6 heteroatoms. The van der Waals surface area contributed by atoms with Crippen LogP contribution >= 0.6 is 0 Å². The lowest BCUT2D eigenvalue weighted by molar-refractivity contribution is -0.118. The number of hydrogen-bond donors (Lipinski definition) is 3. The fraction of sp³-hybridized carbons (Fsp3) is 0.556. The highest BCUT2D eigenvalue weighted by atomic mass is 16.5. The lowest BCUT2D eigenvalue weighted by atomic mass is 9.99. The third-order valence-electron chi connectivity index (χ3n) is 3.91. The third-order valence-corrected chi connectivity index (χ3v) is 3.91. The molecule has 24 heavy (non-hydrogen) atoms. The molecule has 0 bridgehead atoms. The van der Waals surface area contributed by atoms with Crippen LogP contribution in [0.2, 0.25) is 0 Å². The van der Waals surface area contributed by atoms with Crippen LogP contribution in [-0.4, -0.2) is 37.6 Å². The first-order valence-electron chi connectivity index (χ1n) is 8.52. The van der Waals surface area contributed by atoms with E-state index in [2.05, 4.69) is 10.6 Å². The van der Waals surface area contributed by atoms with Crippen LogP contribution in [0.25, 0.3) is 0 Å². The zero-order valence-corrected chi connectivity index (χ0v) is 14.8. The van der Waals surface area contributed by atoms with Crippen molar-refractivity contribution in [1.29, 1.82) is 0 Å². The first kappa shape index (κ1) is 20.1. The molecule has 0 saturated heterocycles. The van der Waals surface area contributed by atoms with Gasteiger partial charge in [0.05, 0.1) is 6.04 Å². The van der Waals surface area contributed by atoms with E-state index in [4.69, 9.17) is 10.5 Å². The summed E-state index contributed by atoms with van der Waals surface area (Å²) < 4.78 is 5.22. The van der Waals surface area contributed by atoms with Crippen LogP contribution in [0, 0.1) is 5.92 Å². The fourth-order valence-electron chi connectivity index (χ4n) is 2.10. The Labute approximate surface area is 144 Å². The van der Waals surface area contributed by atoms with Crippen LogP contribution in [0.4, 0.5) is 5.69 Å². The predicted octanol–water partition coefficient (Wildman–Crippen LogP) is 2.15. The van der Waals surface area contributed by atoms with E-state index >= 15 is 0 Å². The van der Waals surface area contributed by atoms with Gasteiger partial charge in [0.1, 0.15) is 0 Å². The monoisotopic (exact) mass is 335 g/mol. The van der Waals surface area contributed by atoms with Gasteiger partial charge in [-0.15, -0.1) is 0 Å². The molecule has 0 heterocycles. The molecule has 6 nitrogen and oxygen atoms in total. The van der Waals surface area contributed by atoms with Gasteiger partial charge in [-0.2, -0.15) is 0 Å². The largest absolute Gasteiger partial charge is 0.382 e. The third kappa shape index (κ3) is 6.68. The second kappa shape index (κ2) is 10.8. The highest BCUT2D eigenvalue weighted by Gasteiger charge is 2.19. The zero-order valence-electron chi connectivity index (χ0n) is 14.8. The van der Waals surface area contributed by atoms with Crippen molar-refractivity contribution in [2.45, 2.75) is 39.7 Å². The van der Waals surface area contributed by atoms with E-state index < -0.39 is 6.04 Å². The van der Waals surface area contributed by atoms with Crippen LogP contribution in [0.1, 0.15) is 44.0 Å². The minimum Gasteiger partial charge on any atom is -0.382 e. The summed E-state index contributed by atoms with van der Waals surface area (Å²) >= 11 is 0. The van der Waals surface area contributed by atoms with E-state index in [0.717, 1.165) is 12.8 Å². The van der Waals surface area contributed by atoms with Gasteiger partial charge in [-0.3, -0.25) is 9.59 Å². The molecule has 0 spiro atoms. The summed E-state index contributed by atoms with van der Waals surface area (Å²) in [5.41, 5.74) is 6.99. The molecule has 134 valence electrons. The number of nitrogens with two attached hydrogens (primary N) is 1. The van der Waals surface area contributed by atoms with Crippen molar-refractivity contribution in [3.63, 3.8) is 0 Å². The molecule has 0 aliphatic rings. The molecular formula is C18H29N3O3. The van der Waals surface area contributed by atoms with Crippen LogP contribution < -0.4 is 16.4 Å². The molecule has 0 aliphatic carbocycles. The summed E-state index contributed by atoms with van der Waals surface area (Å²) in [5, 5.41) is 5.60. The number of carbonyl (C=O) groups is 2. The summed E-state index contributed by atoms with van der Waals surface area (Å²) in [7, 11) is 0. The number of anilines is 1. The summed E-state index contributed by atoms with van der Waals surface area (Å²) in [6, 6.07) is 6.28. The van der Waals surface area contributed by atoms with E-state index in [1.807, 2.05) is 20.8 Å². The highest BCUT2D eigenvalue weighted by Crippen LogP contribution is 2.13. The molecule has 1 rings (SSSR count). The zero-order chi connectivity index (χ0) is 17.9. The Kier molecular flexibility index (Phi) is 9.04. The summed E-state index contributed by atoms with van der Waals surface area (Å²) in [4.78, 5) is 24.2. The van der Waals surface area contributed by atoms with Gasteiger partial charge >= 0.3 is 0 Å². The van der Waals surface area contributed by atoms with Crippen molar-refractivity contribution in [2.75, 3.05) is 25.1 Å². The number of rotatable bonds is 10. The maximum atomic E-state index is 12.1. The minimum atomic E-state index is -0.564. The molecule has 0 aliphatic heterocycles. The number of benzene rings is 1. The van der Waals surface area contributed by atoms with E-state index in [9.17, 15) is 9.59 Å². The van der Waals surface area contributed by atoms with E-state index in [1.165, 1.54) is 0 Å². The van der Waals surface area contributed by atoms with E-state index in [0.29, 0.717) is 31.0 Å². The van der Waals surface area contributed by atoms with Crippen molar-refractivity contribution in [2.24, 2.45) is 11.7 Å². The Morgan fingerprint density at radius 3 is 2.71 bits per heavy atom. The van der Waals surface area contributed by atoms with Gasteiger partial charge in [-0.25, -0.2) is 0 Å². The second-order valence-corrected chi connectivity index (χ2v) is 5.79. The number of nitrogens with one attached hydrogen (secondary N) is 2. The molecule has 2 atom stereocenters. The lowest BCUT2D eigenvalue weighted by Crippen LogP contribution is -2.40. The SMILES string of the molecule is CCOCCCNC(=O)c1cccc(NC(=O)C(N)C(C)CC)c1. The number of carbonyl (C=O) groups excluding carboxylic acids is 2. The standard InChI is InChI=1S/C18H29N3O3/c1-4-13(3)16(19)18(23)21-15-9-6-8-14(12-15)17(22)20-10-7-11-24-5-2/h6,8-9,12-13,16H,4-5,7,10-11,19H2,1-3H3,(H,20,22)(H,21,23). The number of amides is 2. The Morgan fingerprint density at radius 1 is 1.29 bits per heavy atom. The average Bonchev–Trinajstić information content (AvgIpc) is 2.60. The van der Waals surface area contributed by atoms with Gasteiger partial charge in [-0.1, -0.05) is 26.3 Å². The van der Waals surface area contributed by atoms with Gasteiger partial charge in [-0.05, 0) is 37.5 Å². The summed E-state index contributed by atoms with van der Waals surface area (Å²) in [6.07, 6.45) is 1.60. The van der Waals surface area contributed by atoms with Crippen LogP contribution in [0.5, 0.6) is 0 Å². The molecule has 0 fully saturated rings. The minimum absolute atomic E-state index is 0.0989. The van der Waals surface area contributed by atoms with Crippen molar-refractivity contribution < 1.29 is 14.3 Å². The first-order valence-corrected chi connectivity index (χ1v) is 8.52. The van der Waals surface area contributed by atoms with Gasteiger partial charge in [0.15, 0.2) is 0 Å². The highest BCUT2D eigenvalue weighted by molar-refractivity contribution is 5.98. The van der Waals surface area contributed by atoms with Crippen molar-refractivity contribution in [3.8, 4) is 0 Å². The number of ether oxygens (including phenoxy) is 1. The summed E-state index contributed by atoms with van der Waals surface area (Å²) in [6.45, 7) is 7.72. The quantitative estimate of drug-likeness (QED) is 0.571. The van der Waals surface area contributed by atoms with Crippen LogP contribution in [0.3, 0.4) is 0 Å². The molecule has 0 aromatic heterocycles. The smallest absolute Gasteiger partial charge is 0.251 e. The van der Waals surface area contributed by atoms with Crippen LogP contribution in [-0.2, 0) is 9.53 Å². The maximum Gasteiger partial charge on any atom is 0.251 e. The van der Waals surface area contributed by atoms with E-state index in [-0.39, 0.29) is 17.7 Å². The second-order valence-electron chi connectivity index (χ2n) is 5.79. The van der Waals surface area contributed by atoms with Gasteiger partial charge < -0.3 is 21.1 Å². The molecule has 2 unspecified atom stereocenters. The van der Waals surface area contributed by atoms with Crippen molar-refractivity contribution in [1.82, 2.24) is 5.32 Å². The Bertz CT molecular complexity index is 534. The molecule has 4 N–H and O–H groups in total. The molecule has 1 aromatic carbocycles. The van der Waals surface area contributed by atoms with Gasteiger partial charge in [0.2, 0.25) is 5.91 Å². The van der Waals surface area contributed by atoms with E-state index in [1.54, 1.807) is 24.3 Å². The van der Waals surface area contributed by atoms with Crippen molar-refractivity contribution >= 4 is 17.5 Å². The van der Waals surface area contributed by atoms with Gasteiger partial charge in [0, 0.05) is 31.0 Å². The maximum absolute atomic E-state index is 12.1. The Hall–Kier alpha value is -1.92. The predicted molar refractivity (Wildman–Crippen MR) is 95.9 cm³/mol.